The van der Waals surface area contributed by atoms with Crippen molar-refractivity contribution in [1.82, 2.24) is 15.0 Å². The lowest BCUT2D eigenvalue weighted by molar-refractivity contribution is -0.133. The maximum Gasteiger partial charge on any atom is 0.226 e. The van der Waals surface area contributed by atoms with Crippen LogP contribution in [0.4, 0.5) is 0 Å². The smallest absolute Gasteiger partial charge is 0.226 e. The summed E-state index contributed by atoms with van der Waals surface area (Å²) in [7, 11) is 1.63. The molecule has 158 valence electrons. The van der Waals surface area contributed by atoms with Gasteiger partial charge in [-0.3, -0.25) is 4.79 Å². The average molecular weight is 402 g/mol. The number of hydrogen-bond donors (Lipinski definition) is 0. The van der Waals surface area contributed by atoms with Crippen molar-refractivity contribution in [3.63, 3.8) is 0 Å². The zero-order valence-electron chi connectivity index (χ0n) is 17.6. The molecule has 1 saturated heterocycles. The van der Waals surface area contributed by atoms with Crippen molar-refractivity contribution in [2.45, 2.75) is 52.1 Å². The van der Waals surface area contributed by atoms with Crippen LogP contribution in [0.2, 0.25) is 0 Å². The summed E-state index contributed by atoms with van der Waals surface area (Å²) in [6, 6.07) is 7.67. The molecule has 2 aromatic rings. The third-order valence-electron chi connectivity index (χ3n) is 5.06. The lowest BCUT2D eigenvalue weighted by Gasteiger charge is -2.32. The molecule has 0 N–H and O–H groups in total. The minimum atomic E-state index is 0.154. The number of benzene rings is 1. The molecule has 0 radical (unpaired) electrons. The fraction of sp³-hybridized carbons (Fsp3) is 0.591. The molecule has 1 aliphatic heterocycles. The van der Waals surface area contributed by atoms with Crippen molar-refractivity contribution in [3.05, 3.63) is 41.5 Å². The van der Waals surface area contributed by atoms with Gasteiger partial charge in [-0.2, -0.15) is 4.98 Å². The summed E-state index contributed by atoms with van der Waals surface area (Å²) in [5.74, 6) is 2.82. The molecular formula is C22H31N3O4. The Bertz CT molecular complexity index is 782. The third-order valence-corrected chi connectivity index (χ3v) is 5.06. The molecule has 0 saturated carbocycles. The summed E-state index contributed by atoms with van der Waals surface area (Å²) in [6.45, 7) is 6.28. The van der Waals surface area contributed by atoms with Gasteiger partial charge in [0, 0.05) is 25.9 Å². The molecule has 0 unspecified atom stereocenters. The van der Waals surface area contributed by atoms with E-state index in [9.17, 15) is 4.79 Å². The molecule has 2 heterocycles. The fourth-order valence-electron chi connectivity index (χ4n) is 3.48. The molecule has 3 rings (SSSR count). The molecule has 7 heteroatoms. The second-order valence-corrected chi connectivity index (χ2v) is 7.93. The van der Waals surface area contributed by atoms with Crippen LogP contribution in [0.1, 0.15) is 44.0 Å². The van der Waals surface area contributed by atoms with Gasteiger partial charge in [-0.1, -0.05) is 31.1 Å². The van der Waals surface area contributed by atoms with Gasteiger partial charge < -0.3 is 18.9 Å². The third kappa shape index (κ3) is 6.56. The Morgan fingerprint density at radius 3 is 2.83 bits per heavy atom. The SMILES string of the molecule is COc1cccc(CC(=O)N2CCC(OCCc3noc(CC(C)C)n3)CC2)c1. The number of piperidine rings is 1. The zero-order valence-corrected chi connectivity index (χ0v) is 17.6. The Kier molecular flexibility index (Phi) is 7.63. The number of carbonyl (C=O) groups excluding carboxylic acids is 1. The van der Waals surface area contributed by atoms with Gasteiger partial charge in [0.05, 0.1) is 26.2 Å². The molecule has 0 spiro atoms. The molecule has 7 nitrogen and oxygen atoms in total. The fourth-order valence-corrected chi connectivity index (χ4v) is 3.48. The van der Waals surface area contributed by atoms with Crippen molar-refractivity contribution >= 4 is 5.91 Å². The van der Waals surface area contributed by atoms with Crippen LogP contribution in [-0.4, -0.2) is 53.9 Å². The highest BCUT2D eigenvalue weighted by atomic mass is 16.5. The molecule has 1 amide bonds. The second kappa shape index (κ2) is 10.4. The quantitative estimate of drug-likeness (QED) is 0.643. The molecule has 1 aliphatic rings. The summed E-state index contributed by atoms with van der Waals surface area (Å²) < 4.78 is 16.5. The van der Waals surface area contributed by atoms with Gasteiger partial charge >= 0.3 is 0 Å². The van der Waals surface area contributed by atoms with E-state index in [1.54, 1.807) is 7.11 Å². The highest BCUT2D eigenvalue weighted by Gasteiger charge is 2.23. The Labute approximate surface area is 172 Å². The molecule has 1 aromatic carbocycles. The van der Waals surface area contributed by atoms with Gasteiger partial charge in [-0.15, -0.1) is 0 Å². The molecule has 0 bridgehead atoms. The summed E-state index contributed by atoms with van der Waals surface area (Å²) in [6.07, 6.45) is 3.74. The Morgan fingerprint density at radius 2 is 2.10 bits per heavy atom. The van der Waals surface area contributed by atoms with Gasteiger partial charge in [0.1, 0.15) is 5.75 Å². The van der Waals surface area contributed by atoms with Crippen LogP contribution in [0.3, 0.4) is 0 Å². The molecular weight excluding hydrogens is 370 g/mol. The molecule has 1 fully saturated rings. The average Bonchev–Trinajstić information content (AvgIpc) is 3.15. The summed E-state index contributed by atoms with van der Waals surface area (Å²) in [4.78, 5) is 18.9. The number of nitrogens with zero attached hydrogens (tertiary/aromatic N) is 3. The second-order valence-electron chi connectivity index (χ2n) is 7.93. The normalized spacial score (nSPS) is 15.1. The number of hydrogen-bond acceptors (Lipinski definition) is 6. The number of amides is 1. The predicted molar refractivity (Wildman–Crippen MR) is 109 cm³/mol. The molecule has 0 atom stereocenters. The van der Waals surface area contributed by atoms with E-state index in [2.05, 4.69) is 24.0 Å². The number of likely N-dealkylation sites (tertiary alicyclic amines) is 1. The monoisotopic (exact) mass is 401 g/mol. The summed E-state index contributed by atoms with van der Waals surface area (Å²) in [5.41, 5.74) is 0.977. The Balaban J connectivity index is 1.36. The van der Waals surface area contributed by atoms with Crippen molar-refractivity contribution < 1.29 is 18.8 Å². The van der Waals surface area contributed by atoms with Crippen LogP contribution >= 0.6 is 0 Å². The van der Waals surface area contributed by atoms with Gasteiger partial charge in [-0.25, -0.2) is 0 Å². The first kappa shape index (κ1) is 21.3. The lowest BCUT2D eigenvalue weighted by atomic mass is 10.1. The zero-order chi connectivity index (χ0) is 20.6. The molecule has 1 aromatic heterocycles. The van der Waals surface area contributed by atoms with Crippen LogP contribution in [-0.2, 0) is 28.8 Å². The first-order valence-corrected chi connectivity index (χ1v) is 10.4. The minimum Gasteiger partial charge on any atom is -0.497 e. The van der Waals surface area contributed by atoms with Crippen LogP contribution in [0, 0.1) is 5.92 Å². The number of ether oxygens (including phenoxy) is 2. The maximum atomic E-state index is 12.6. The predicted octanol–water partition coefficient (Wildman–Crippen LogP) is 3.07. The van der Waals surface area contributed by atoms with Crippen LogP contribution in [0.15, 0.2) is 28.8 Å². The van der Waals surface area contributed by atoms with Crippen LogP contribution in [0.25, 0.3) is 0 Å². The van der Waals surface area contributed by atoms with Gasteiger partial charge in [0.25, 0.3) is 0 Å². The van der Waals surface area contributed by atoms with Gasteiger partial charge in [-0.05, 0) is 36.5 Å². The van der Waals surface area contributed by atoms with E-state index in [-0.39, 0.29) is 12.0 Å². The Hall–Kier alpha value is -2.41. The van der Waals surface area contributed by atoms with Crippen molar-refractivity contribution in [3.8, 4) is 5.75 Å². The van der Waals surface area contributed by atoms with E-state index in [1.165, 1.54) is 0 Å². The number of rotatable bonds is 9. The van der Waals surface area contributed by atoms with Crippen LogP contribution < -0.4 is 4.74 Å². The minimum absolute atomic E-state index is 0.154. The van der Waals surface area contributed by atoms with Crippen LogP contribution in [0.5, 0.6) is 5.75 Å². The Morgan fingerprint density at radius 1 is 1.31 bits per heavy atom. The van der Waals surface area contributed by atoms with E-state index in [4.69, 9.17) is 14.0 Å². The largest absolute Gasteiger partial charge is 0.497 e. The molecule has 0 aliphatic carbocycles. The van der Waals surface area contributed by atoms with Crippen molar-refractivity contribution in [1.29, 1.82) is 0 Å². The number of carbonyl (C=O) groups is 1. The maximum absolute atomic E-state index is 12.6. The van der Waals surface area contributed by atoms with Crippen molar-refractivity contribution in [2.24, 2.45) is 5.92 Å². The summed E-state index contributed by atoms with van der Waals surface area (Å²) in [5, 5.41) is 4.01. The molecule has 29 heavy (non-hydrogen) atoms. The highest BCUT2D eigenvalue weighted by molar-refractivity contribution is 5.79. The standard InChI is InChI=1S/C22H31N3O4/c1-16(2)13-21-23-20(24-29-21)9-12-28-18-7-10-25(11-8-18)22(26)15-17-5-4-6-19(14-17)27-3/h4-6,14,16,18H,7-13,15H2,1-3H3. The van der Waals surface area contributed by atoms with Gasteiger partial charge in [0.2, 0.25) is 11.8 Å². The van der Waals surface area contributed by atoms with E-state index < -0.39 is 0 Å². The number of methoxy groups -OCH3 is 1. The van der Waals surface area contributed by atoms with E-state index in [0.29, 0.717) is 37.1 Å². The van der Waals surface area contributed by atoms with Crippen molar-refractivity contribution in [2.75, 3.05) is 26.8 Å². The van der Waals surface area contributed by atoms with E-state index >= 15 is 0 Å². The van der Waals surface area contributed by atoms with E-state index in [1.807, 2.05) is 29.2 Å². The van der Waals surface area contributed by atoms with E-state index in [0.717, 1.165) is 43.7 Å². The highest BCUT2D eigenvalue weighted by Crippen LogP contribution is 2.17. The van der Waals surface area contributed by atoms with Gasteiger partial charge in [0.15, 0.2) is 5.82 Å². The lowest BCUT2D eigenvalue weighted by Crippen LogP contribution is -2.41. The summed E-state index contributed by atoms with van der Waals surface area (Å²) >= 11 is 0. The topological polar surface area (TPSA) is 77.7 Å². The number of aromatic nitrogens is 2. The first-order valence-electron chi connectivity index (χ1n) is 10.4. The first-order chi connectivity index (χ1) is 14.0.